The number of nitrogen functional groups attached to an aromatic ring is 1. The van der Waals surface area contributed by atoms with Crippen LogP contribution in [-0.2, 0) is 15.6 Å². The van der Waals surface area contributed by atoms with Crippen molar-refractivity contribution in [2.45, 2.75) is 5.75 Å². The molecule has 1 aromatic carbocycles. The molecule has 0 saturated carbocycles. The zero-order chi connectivity index (χ0) is 11.6. The lowest BCUT2D eigenvalue weighted by molar-refractivity contribution is 0.601. The van der Waals surface area contributed by atoms with E-state index in [4.69, 9.17) is 22.6 Å². The van der Waals surface area contributed by atoms with Gasteiger partial charge in [-0.25, -0.2) is 8.42 Å². The maximum atomic E-state index is 11.1. The van der Waals surface area contributed by atoms with Crippen LogP contribution in [0.2, 0.25) is 5.02 Å². The summed E-state index contributed by atoms with van der Waals surface area (Å²) in [6, 6.07) is 4.66. The Morgan fingerprint density at radius 2 is 2.13 bits per heavy atom. The van der Waals surface area contributed by atoms with Crippen LogP contribution < -0.4 is 5.73 Å². The predicted octanol–water partition coefficient (Wildman–Crippen LogP) is 1.34. The largest absolute Gasteiger partial charge is 0.398 e. The van der Waals surface area contributed by atoms with E-state index in [2.05, 4.69) is 0 Å². The molecule has 2 N–H and O–H groups in total. The van der Waals surface area contributed by atoms with E-state index in [1.807, 2.05) is 6.07 Å². The zero-order valence-corrected chi connectivity index (χ0v) is 9.56. The summed E-state index contributed by atoms with van der Waals surface area (Å²) in [7, 11) is -3.16. The van der Waals surface area contributed by atoms with E-state index in [0.717, 1.165) is 6.26 Å². The number of hydrogen-bond acceptors (Lipinski definition) is 4. The first-order valence-corrected chi connectivity index (χ1v) is 6.43. The number of halogens is 1. The number of hydrogen-bond donors (Lipinski definition) is 1. The second-order valence-corrected chi connectivity index (χ2v) is 5.76. The molecule has 80 valence electrons. The molecule has 0 aliphatic carbocycles. The van der Waals surface area contributed by atoms with Gasteiger partial charge in [0.15, 0.2) is 9.84 Å². The summed E-state index contributed by atoms with van der Waals surface area (Å²) < 4.78 is 22.1. The Morgan fingerprint density at radius 3 is 2.60 bits per heavy atom. The van der Waals surface area contributed by atoms with Crippen molar-refractivity contribution in [1.29, 1.82) is 5.26 Å². The molecule has 1 aromatic rings. The Bertz CT molecular complexity index is 532. The number of benzene rings is 1. The van der Waals surface area contributed by atoms with Crippen molar-refractivity contribution in [2.24, 2.45) is 0 Å². The van der Waals surface area contributed by atoms with Gasteiger partial charge in [-0.2, -0.15) is 5.26 Å². The van der Waals surface area contributed by atoms with E-state index in [1.54, 1.807) is 0 Å². The summed E-state index contributed by atoms with van der Waals surface area (Å²) in [5.41, 5.74) is 6.44. The van der Waals surface area contributed by atoms with Gasteiger partial charge in [-0.1, -0.05) is 11.6 Å². The second-order valence-electron chi connectivity index (χ2n) is 3.21. The molecular weight excluding hydrogens is 236 g/mol. The molecule has 0 unspecified atom stereocenters. The number of nitrogens with zero attached hydrogens (tertiary/aromatic N) is 1. The molecule has 0 aromatic heterocycles. The topological polar surface area (TPSA) is 83.9 Å². The summed E-state index contributed by atoms with van der Waals surface area (Å²) in [5, 5.41) is 8.90. The second kappa shape index (κ2) is 4.09. The van der Waals surface area contributed by atoms with Crippen molar-refractivity contribution in [3.8, 4) is 6.07 Å². The van der Waals surface area contributed by atoms with Crippen LogP contribution in [0.1, 0.15) is 11.1 Å². The van der Waals surface area contributed by atoms with Crippen molar-refractivity contribution in [3.63, 3.8) is 0 Å². The molecule has 0 aliphatic rings. The molecule has 0 spiro atoms. The molecule has 15 heavy (non-hydrogen) atoms. The summed E-state index contributed by atoms with van der Waals surface area (Å²) in [4.78, 5) is 0. The highest BCUT2D eigenvalue weighted by atomic mass is 35.5. The van der Waals surface area contributed by atoms with Gasteiger partial charge in [-0.15, -0.1) is 0 Å². The van der Waals surface area contributed by atoms with Gasteiger partial charge in [0, 0.05) is 17.0 Å². The smallest absolute Gasteiger partial charge is 0.151 e. The molecule has 4 nitrogen and oxygen atoms in total. The highest BCUT2D eigenvalue weighted by Crippen LogP contribution is 2.24. The number of nitriles is 1. The van der Waals surface area contributed by atoms with E-state index in [1.165, 1.54) is 12.1 Å². The highest BCUT2D eigenvalue weighted by molar-refractivity contribution is 7.89. The quantitative estimate of drug-likeness (QED) is 0.796. The Kier molecular flexibility index (Phi) is 3.22. The van der Waals surface area contributed by atoms with E-state index < -0.39 is 9.84 Å². The summed E-state index contributed by atoms with van der Waals surface area (Å²) in [5.74, 6) is -0.179. The molecule has 6 heteroatoms. The van der Waals surface area contributed by atoms with Crippen LogP contribution in [0.25, 0.3) is 0 Å². The highest BCUT2D eigenvalue weighted by Gasteiger charge is 2.11. The Hall–Kier alpha value is -1.25. The Morgan fingerprint density at radius 1 is 1.53 bits per heavy atom. The van der Waals surface area contributed by atoms with Gasteiger partial charge in [-0.3, -0.25) is 0 Å². The standard InChI is InChI=1S/C9H9ClN2O2S/c1-15(13,14)5-7-3-9(12)6(4-11)2-8(7)10/h2-3H,5,12H2,1H3. The molecule has 0 fully saturated rings. The number of rotatable bonds is 2. The molecule has 0 amide bonds. The first-order valence-electron chi connectivity index (χ1n) is 3.99. The fraction of sp³-hybridized carbons (Fsp3) is 0.222. The average Bonchev–Trinajstić information content (AvgIpc) is 2.08. The van der Waals surface area contributed by atoms with Crippen LogP contribution >= 0.6 is 11.6 Å². The number of nitrogens with two attached hydrogens (primary N) is 1. The van der Waals surface area contributed by atoms with E-state index in [-0.39, 0.29) is 22.0 Å². The van der Waals surface area contributed by atoms with Crippen molar-refractivity contribution in [3.05, 3.63) is 28.3 Å². The van der Waals surface area contributed by atoms with Crippen LogP contribution in [0.4, 0.5) is 5.69 Å². The van der Waals surface area contributed by atoms with E-state index >= 15 is 0 Å². The SMILES string of the molecule is CS(=O)(=O)Cc1cc(N)c(C#N)cc1Cl. The van der Waals surface area contributed by atoms with E-state index in [0.29, 0.717) is 5.56 Å². The van der Waals surface area contributed by atoms with Gasteiger partial charge >= 0.3 is 0 Å². The van der Waals surface area contributed by atoms with Crippen molar-refractivity contribution in [2.75, 3.05) is 12.0 Å². The molecule has 0 atom stereocenters. The minimum atomic E-state index is -3.16. The van der Waals surface area contributed by atoms with Gasteiger partial charge in [0.05, 0.1) is 11.3 Å². The lowest BCUT2D eigenvalue weighted by atomic mass is 10.1. The maximum absolute atomic E-state index is 11.1. The number of anilines is 1. The fourth-order valence-electron chi connectivity index (χ4n) is 1.13. The van der Waals surface area contributed by atoms with Gasteiger partial charge in [0.1, 0.15) is 6.07 Å². The molecule has 0 aliphatic heterocycles. The molecule has 0 radical (unpaired) electrons. The minimum absolute atomic E-state index is 0.179. The van der Waals surface area contributed by atoms with Crippen LogP contribution in [0.5, 0.6) is 0 Å². The monoisotopic (exact) mass is 244 g/mol. The average molecular weight is 245 g/mol. The third-order valence-electron chi connectivity index (χ3n) is 1.76. The molecule has 0 heterocycles. The zero-order valence-electron chi connectivity index (χ0n) is 7.99. The summed E-state index contributed by atoms with van der Waals surface area (Å²) in [6.07, 6.45) is 1.11. The van der Waals surface area contributed by atoms with Crippen LogP contribution in [0.3, 0.4) is 0 Å². The maximum Gasteiger partial charge on any atom is 0.151 e. The van der Waals surface area contributed by atoms with Gasteiger partial charge in [0.25, 0.3) is 0 Å². The van der Waals surface area contributed by atoms with Crippen molar-refractivity contribution < 1.29 is 8.42 Å². The lowest BCUT2D eigenvalue weighted by Crippen LogP contribution is -2.03. The van der Waals surface area contributed by atoms with Crippen molar-refractivity contribution >= 4 is 27.1 Å². The molecule has 0 bridgehead atoms. The summed E-state index contributed by atoms with van der Waals surface area (Å²) >= 11 is 5.82. The molecule has 1 rings (SSSR count). The third kappa shape index (κ3) is 3.11. The minimum Gasteiger partial charge on any atom is -0.398 e. The Labute approximate surface area is 93.2 Å². The molecule has 0 saturated heterocycles. The first-order chi connectivity index (χ1) is 6.83. The Balaban J connectivity index is 3.24. The summed E-state index contributed by atoms with van der Waals surface area (Å²) in [6.45, 7) is 0. The third-order valence-corrected chi connectivity index (χ3v) is 2.94. The number of sulfone groups is 1. The normalized spacial score (nSPS) is 11.0. The molecular formula is C9H9ClN2O2S. The fourth-order valence-corrected chi connectivity index (χ4v) is 2.24. The lowest BCUT2D eigenvalue weighted by Gasteiger charge is -2.05. The van der Waals surface area contributed by atoms with Gasteiger partial charge in [-0.05, 0) is 17.7 Å². The first kappa shape index (κ1) is 11.8. The van der Waals surface area contributed by atoms with Crippen LogP contribution in [0, 0.1) is 11.3 Å². The van der Waals surface area contributed by atoms with Gasteiger partial charge in [0.2, 0.25) is 0 Å². The predicted molar refractivity (Wildman–Crippen MR) is 59.1 cm³/mol. The van der Waals surface area contributed by atoms with Crippen molar-refractivity contribution in [1.82, 2.24) is 0 Å². The van der Waals surface area contributed by atoms with Gasteiger partial charge < -0.3 is 5.73 Å². The van der Waals surface area contributed by atoms with Crippen LogP contribution in [-0.4, -0.2) is 14.7 Å². The van der Waals surface area contributed by atoms with E-state index in [9.17, 15) is 8.42 Å². The van der Waals surface area contributed by atoms with Crippen LogP contribution in [0.15, 0.2) is 12.1 Å².